The molecule has 104 valence electrons. The van der Waals surface area contributed by atoms with Crippen LogP contribution in [0, 0.1) is 0 Å². The van der Waals surface area contributed by atoms with Crippen LogP contribution in [-0.2, 0) is 12.8 Å². The Morgan fingerprint density at radius 3 is 2.45 bits per heavy atom. The first-order chi connectivity index (χ1) is 9.58. The predicted molar refractivity (Wildman–Crippen MR) is 84.5 cm³/mol. The molecule has 20 heavy (non-hydrogen) atoms. The van der Waals surface area contributed by atoms with Crippen molar-refractivity contribution in [3.05, 3.63) is 63.7 Å². The molecule has 0 radical (unpaired) electrons. The van der Waals surface area contributed by atoms with Gasteiger partial charge in [-0.1, -0.05) is 43.6 Å². The van der Waals surface area contributed by atoms with Gasteiger partial charge >= 0.3 is 0 Å². The van der Waals surface area contributed by atoms with E-state index in [1.165, 1.54) is 11.1 Å². The topological polar surface area (TPSA) is 43.1 Å². The Bertz CT molecular complexity index is 649. The van der Waals surface area contributed by atoms with Crippen molar-refractivity contribution in [1.29, 1.82) is 0 Å². The molecular weight excluding hydrogens is 270 g/mol. The number of hydrogen-bond acceptors (Lipinski definition) is 2. The van der Waals surface area contributed by atoms with Crippen molar-refractivity contribution < 1.29 is 4.79 Å². The minimum atomic E-state index is -0.0837. The lowest BCUT2D eigenvalue weighted by atomic mass is 9.96. The normalized spacial score (nSPS) is 10.6. The molecular formula is C17H18ClNO. The summed E-state index contributed by atoms with van der Waals surface area (Å²) in [6.45, 7) is 4.21. The molecule has 0 fully saturated rings. The van der Waals surface area contributed by atoms with Crippen LogP contribution < -0.4 is 5.73 Å². The third-order valence-corrected chi connectivity index (χ3v) is 3.93. The highest BCUT2D eigenvalue weighted by atomic mass is 35.5. The number of halogens is 1. The molecule has 2 N–H and O–H groups in total. The molecule has 0 aliphatic rings. The van der Waals surface area contributed by atoms with Gasteiger partial charge in [-0.3, -0.25) is 4.79 Å². The third-order valence-electron chi connectivity index (χ3n) is 3.50. The van der Waals surface area contributed by atoms with E-state index in [2.05, 4.69) is 13.8 Å². The minimum absolute atomic E-state index is 0.0837. The predicted octanol–water partition coefficient (Wildman–Crippen LogP) is 4.28. The van der Waals surface area contributed by atoms with Crippen molar-refractivity contribution in [2.45, 2.75) is 26.7 Å². The Labute approximate surface area is 124 Å². The smallest absolute Gasteiger partial charge is 0.194 e. The maximum absolute atomic E-state index is 12.5. The zero-order chi connectivity index (χ0) is 14.7. The van der Waals surface area contributed by atoms with E-state index in [0.717, 1.165) is 12.8 Å². The summed E-state index contributed by atoms with van der Waals surface area (Å²) in [7, 11) is 0. The second-order valence-corrected chi connectivity index (χ2v) is 5.11. The van der Waals surface area contributed by atoms with E-state index < -0.39 is 0 Å². The van der Waals surface area contributed by atoms with Crippen LogP contribution in [0.1, 0.15) is 40.9 Å². The number of hydrogen-bond donors (Lipinski definition) is 1. The lowest BCUT2D eigenvalue weighted by Gasteiger charge is -2.10. The van der Waals surface area contributed by atoms with Gasteiger partial charge in [-0.15, -0.1) is 0 Å². The molecule has 3 heteroatoms. The van der Waals surface area contributed by atoms with Crippen LogP contribution in [0.3, 0.4) is 0 Å². The highest BCUT2D eigenvalue weighted by Gasteiger charge is 2.15. The van der Waals surface area contributed by atoms with E-state index in [1.807, 2.05) is 18.2 Å². The molecule has 2 nitrogen and oxygen atoms in total. The number of rotatable bonds is 4. The monoisotopic (exact) mass is 287 g/mol. The van der Waals surface area contributed by atoms with Gasteiger partial charge in [0.05, 0.1) is 10.7 Å². The number of carbonyl (C=O) groups excluding carboxylic acids is 1. The summed E-state index contributed by atoms with van der Waals surface area (Å²) in [5.74, 6) is -0.0837. The maximum Gasteiger partial charge on any atom is 0.194 e. The zero-order valence-corrected chi connectivity index (χ0v) is 12.5. The van der Waals surface area contributed by atoms with E-state index in [4.69, 9.17) is 17.3 Å². The van der Waals surface area contributed by atoms with E-state index in [-0.39, 0.29) is 5.78 Å². The summed E-state index contributed by atoms with van der Waals surface area (Å²) in [4.78, 5) is 12.5. The van der Waals surface area contributed by atoms with Gasteiger partial charge in [0.1, 0.15) is 0 Å². The Morgan fingerprint density at radius 2 is 1.80 bits per heavy atom. The lowest BCUT2D eigenvalue weighted by molar-refractivity contribution is 0.103. The number of ketones is 1. The zero-order valence-electron chi connectivity index (χ0n) is 11.7. The fraction of sp³-hybridized carbons (Fsp3) is 0.235. The van der Waals surface area contributed by atoms with Crippen molar-refractivity contribution in [3.63, 3.8) is 0 Å². The van der Waals surface area contributed by atoms with Crippen molar-refractivity contribution in [2.75, 3.05) is 5.73 Å². The molecule has 0 aliphatic carbocycles. The number of nitrogens with two attached hydrogens (primary N) is 1. The van der Waals surface area contributed by atoms with Crippen molar-refractivity contribution >= 4 is 23.1 Å². The Hall–Kier alpha value is -1.80. The van der Waals surface area contributed by atoms with Gasteiger partial charge in [0.25, 0.3) is 0 Å². The fourth-order valence-electron chi connectivity index (χ4n) is 2.32. The summed E-state index contributed by atoms with van der Waals surface area (Å²) in [6, 6.07) is 11.0. The molecule has 0 aliphatic heterocycles. The van der Waals surface area contributed by atoms with Crippen LogP contribution in [0.15, 0.2) is 36.4 Å². The van der Waals surface area contributed by atoms with Crippen LogP contribution >= 0.6 is 11.6 Å². The first-order valence-corrected chi connectivity index (χ1v) is 7.16. The molecule has 0 bridgehead atoms. The highest BCUT2D eigenvalue weighted by molar-refractivity contribution is 6.37. The van der Waals surface area contributed by atoms with Crippen LogP contribution in [0.25, 0.3) is 0 Å². The molecule has 0 spiro atoms. The summed E-state index contributed by atoms with van der Waals surface area (Å²) in [6.07, 6.45) is 1.88. The highest BCUT2D eigenvalue weighted by Crippen LogP contribution is 2.26. The SMILES string of the molecule is CCc1ccc(C(=O)c2cccc(N)c2Cl)cc1CC. The van der Waals surface area contributed by atoms with Gasteiger partial charge in [-0.25, -0.2) is 0 Å². The molecule has 0 heterocycles. The summed E-state index contributed by atoms with van der Waals surface area (Å²) in [5.41, 5.74) is 9.79. The molecule has 2 aromatic carbocycles. The van der Waals surface area contributed by atoms with Crippen LogP contribution in [-0.4, -0.2) is 5.78 Å². The fourth-order valence-corrected chi connectivity index (χ4v) is 2.53. The molecule has 0 unspecified atom stereocenters. The molecule has 0 amide bonds. The molecule has 0 aromatic heterocycles. The molecule has 0 atom stereocenters. The van der Waals surface area contributed by atoms with E-state index in [1.54, 1.807) is 18.2 Å². The van der Waals surface area contributed by atoms with Gasteiger partial charge < -0.3 is 5.73 Å². The number of carbonyl (C=O) groups is 1. The van der Waals surface area contributed by atoms with Crippen molar-refractivity contribution in [2.24, 2.45) is 0 Å². The Balaban J connectivity index is 2.46. The quantitative estimate of drug-likeness (QED) is 0.674. The van der Waals surface area contributed by atoms with Crippen LogP contribution in [0.4, 0.5) is 5.69 Å². The van der Waals surface area contributed by atoms with Gasteiger partial charge in [-0.05, 0) is 42.2 Å². The van der Waals surface area contributed by atoms with Gasteiger partial charge in [0.15, 0.2) is 5.78 Å². The number of aryl methyl sites for hydroxylation is 2. The molecule has 0 saturated heterocycles. The Kier molecular flexibility index (Phi) is 4.46. The minimum Gasteiger partial charge on any atom is -0.398 e. The van der Waals surface area contributed by atoms with Crippen LogP contribution in [0.5, 0.6) is 0 Å². The van der Waals surface area contributed by atoms with E-state index in [0.29, 0.717) is 21.8 Å². The molecule has 0 saturated carbocycles. The summed E-state index contributed by atoms with van der Waals surface area (Å²) in [5, 5.41) is 0.329. The first kappa shape index (κ1) is 14.6. The van der Waals surface area contributed by atoms with Crippen LogP contribution in [0.2, 0.25) is 5.02 Å². The summed E-state index contributed by atoms with van der Waals surface area (Å²) < 4.78 is 0. The van der Waals surface area contributed by atoms with Crippen molar-refractivity contribution in [1.82, 2.24) is 0 Å². The maximum atomic E-state index is 12.5. The number of benzene rings is 2. The third kappa shape index (κ3) is 2.70. The molecule has 2 rings (SSSR count). The summed E-state index contributed by atoms with van der Waals surface area (Å²) >= 11 is 6.12. The second-order valence-electron chi connectivity index (χ2n) is 4.73. The standard InChI is InChI=1S/C17H18ClNO/c1-3-11-8-9-13(10-12(11)4-2)17(20)14-6-5-7-15(19)16(14)18/h5-10H,3-4,19H2,1-2H3. The Morgan fingerprint density at radius 1 is 1.10 bits per heavy atom. The largest absolute Gasteiger partial charge is 0.398 e. The van der Waals surface area contributed by atoms with Crippen molar-refractivity contribution in [3.8, 4) is 0 Å². The lowest BCUT2D eigenvalue weighted by Crippen LogP contribution is -2.05. The van der Waals surface area contributed by atoms with Gasteiger partial charge in [0, 0.05) is 11.1 Å². The van der Waals surface area contributed by atoms with Gasteiger partial charge in [-0.2, -0.15) is 0 Å². The van der Waals surface area contributed by atoms with Gasteiger partial charge in [0.2, 0.25) is 0 Å². The first-order valence-electron chi connectivity index (χ1n) is 6.79. The average Bonchev–Trinajstić information content (AvgIpc) is 2.48. The van der Waals surface area contributed by atoms with E-state index in [9.17, 15) is 4.79 Å². The number of nitrogen functional groups attached to an aromatic ring is 1. The average molecular weight is 288 g/mol. The molecule has 2 aromatic rings. The van der Waals surface area contributed by atoms with E-state index >= 15 is 0 Å². The number of anilines is 1. The second kappa shape index (κ2) is 6.10.